The van der Waals surface area contributed by atoms with Gasteiger partial charge in [-0.2, -0.15) is 0 Å². The molecule has 3 rings (SSSR count). The van der Waals surface area contributed by atoms with E-state index in [1.54, 1.807) is 18.2 Å². The molecule has 2 aromatic rings. The average Bonchev–Trinajstić information content (AvgIpc) is 2.69. The van der Waals surface area contributed by atoms with Crippen LogP contribution in [-0.4, -0.2) is 35.8 Å². The second-order valence-corrected chi connectivity index (χ2v) is 7.34. The molecule has 5 nitrogen and oxygen atoms in total. The number of aryl methyl sites for hydroxylation is 1. The Kier molecular flexibility index (Phi) is 7.61. The van der Waals surface area contributed by atoms with E-state index >= 15 is 0 Å². The minimum absolute atomic E-state index is 0. The Morgan fingerprint density at radius 3 is 2.32 bits per heavy atom. The van der Waals surface area contributed by atoms with Gasteiger partial charge in [0.1, 0.15) is 0 Å². The van der Waals surface area contributed by atoms with Crippen molar-refractivity contribution >= 4 is 29.9 Å². The van der Waals surface area contributed by atoms with Crippen LogP contribution < -0.4 is 11.1 Å². The molecule has 1 atom stereocenters. The van der Waals surface area contributed by atoms with Gasteiger partial charge < -0.3 is 16.0 Å². The van der Waals surface area contributed by atoms with E-state index < -0.39 is 0 Å². The van der Waals surface area contributed by atoms with Gasteiger partial charge in [0.25, 0.3) is 11.8 Å². The van der Waals surface area contributed by atoms with Crippen molar-refractivity contribution in [3.05, 3.63) is 65.2 Å². The number of anilines is 1. The molecule has 0 saturated carbocycles. The third kappa shape index (κ3) is 5.12. The second-order valence-electron chi connectivity index (χ2n) is 7.34. The monoisotopic (exact) mass is 401 g/mol. The van der Waals surface area contributed by atoms with Gasteiger partial charge in [0.05, 0.1) is 0 Å². The molecule has 2 amide bonds. The topological polar surface area (TPSA) is 75.4 Å². The smallest absolute Gasteiger partial charge is 0.255 e. The van der Waals surface area contributed by atoms with Gasteiger partial charge in [-0.25, -0.2) is 0 Å². The molecular weight excluding hydrogens is 374 g/mol. The van der Waals surface area contributed by atoms with Crippen molar-refractivity contribution in [2.75, 3.05) is 18.4 Å². The number of nitrogens with one attached hydrogen (secondary N) is 1. The maximum Gasteiger partial charge on any atom is 0.255 e. The fourth-order valence-corrected chi connectivity index (χ4v) is 3.48. The molecule has 0 aliphatic carbocycles. The van der Waals surface area contributed by atoms with Crippen molar-refractivity contribution in [3.8, 4) is 0 Å². The van der Waals surface area contributed by atoms with Gasteiger partial charge in [-0.1, -0.05) is 24.3 Å². The minimum Gasteiger partial charge on any atom is -0.339 e. The molecular formula is C22H28ClN3O2. The number of carbonyl (C=O) groups excluding carboxylic acids is 2. The molecule has 28 heavy (non-hydrogen) atoms. The molecule has 0 bridgehead atoms. The van der Waals surface area contributed by atoms with E-state index in [0.29, 0.717) is 22.7 Å². The molecule has 6 heteroatoms. The number of piperidine rings is 1. The van der Waals surface area contributed by atoms with Gasteiger partial charge >= 0.3 is 0 Å². The number of likely N-dealkylation sites (tertiary alicyclic amines) is 1. The summed E-state index contributed by atoms with van der Waals surface area (Å²) < 4.78 is 0. The number of nitrogens with zero attached hydrogens (tertiary/aromatic N) is 1. The van der Waals surface area contributed by atoms with Crippen LogP contribution in [-0.2, 0) is 0 Å². The fourth-order valence-electron chi connectivity index (χ4n) is 3.48. The van der Waals surface area contributed by atoms with E-state index in [4.69, 9.17) is 5.73 Å². The summed E-state index contributed by atoms with van der Waals surface area (Å²) >= 11 is 0. The number of carbonyl (C=O) groups is 2. The van der Waals surface area contributed by atoms with E-state index in [1.807, 2.05) is 49.1 Å². The third-order valence-corrected chi connectivity index (χ3v) is 5.34. The Labute approximate surface area is 172 Å². The maximum absolute atomic E-state index is 12.9. The highest BCUT2D eigenvalue weighted by Crippen LogP contribution is 2.23. The summed E-state index contributed by atoms with van der Waals surface area (Å²) in [4.78, 5) is 27.2. The Hall–Kier alpha value is -2.37. The van der Waals surface area contributed by atoms with Gasteiger partial charge in [-0.15, -0.1) is 12.4 Å². The quantitative estimate of drug-likeness (QED) is 0.816. The van der Waals surface area contributed by atoms with Crippen LogP contribution in [0.2, 0.25) is 0 Å². The molecule has 1 aliphatic heterocycles. The molecule has 0 spiro atoms. The van der Waals surface area contributed by atoms with Gasteiger partial charge in [0, 0.05) is 35.9 Å². The van der Waals surface area contributed by atoms with Crippen molar-refractivity contribution in [2.24, 2.45) is 11.7 Å². The van der Waals surface area contributed by atoms with Crippen LogP contribution in [0.4, 0.5) is 5.69 Å². The summed E-state index contributed by atoms with van der Waals surface area (Å²) in [5, 5.41) is 2.92. The average molecular weight is 402 g/mol. The Bertz CT molecular complexity index is 816. The van der Waals surface area contributed by atoms with Crippen molar-refractivity contribution in [2.45, 2.75) is 32.7 Å². The lowest BCUT2D eigenvalue weighted by molar-refractivity contribution is 0.0681. The van der Waals surface area contributed by atoms with Gasteiger partial charge in [0.15, 0.2) is 0 Å². The van der Waals surface area contributed by atoms with Crippen LogP contribution in [0.3, 0.4) is 0 Å². The first-order valence-electron chi connectivity index (χ1n) is 9.47. The predicted molar refractivity (Wildman–Crippen MR) is 115 cm³/mol. The van der Waals surface area contributed by atoms with E-state index in [-0.39, 0.29) is 30.3 Å². The molecule has 2 aromatic carbocycles. The molecule has 0 aromatic heterocycles. The van der Waals surface area contributed by atoms with E-state index in [2.05, 4.69) is 5.32 Å². The van der Waals surface area contributed by atoms with E-state index in [0.717, 1.165) is 31.5 Å². The second kappa shape index (κ2) is 9.71. The largest absolute Gasteiger partial charge is 0.339 e. The third-order valence-electron chi connectivity index (χ3n) is 5.34. The highest BCUT2D eigenvalue weighted by atomic mass is 35.5. The lowest BCUT2D eigenvalue weighted by Gasteiger charge is -2.33. The first-order valence-corrected chi connectivity index (χ1v) is 9.47. The first-order chi connectivity index (χ1) is 13.0. The molecule has 1 saturated heterocycles. The van der Waals surface area contributed by atoms with Crippen LogP contribution in [0.5, 0.6) is 0 Å². The minimum atomic E-state index is -0.180. The van der Waals surface area contributed by atoms with Crippen molar-refractivity contribution in [1.29, 1.82) is 0 Å². The van der Waals surface area contributed by atoms with Crippen molar-refractivity contribution < 1.29 is 9.59 Å². The van der Waals surface area contributed by atoms with Crippen molar-refractivity contribution in [3.63, 3.8) is 0 Å². The zero-order chi connectivity index (χ0) is 19.4. The molecule has 3 N–H and O–H groups in total. The summed E-state index contributed by atoms with van der Waals surface area (Å²) in [5.74, 6) is 0.308. The van der Waals surface area contributed by atoms with Crippen molar-refractivity contribution in [1.82, 2.24) is 4.90 Å². The number of hydrogen-bond acceptors (Lipinski definition) is 3. The lowest BCUT2D eigenvalue weighted by Crippen LogP contribution is -2.42. The Morgan fingerprint density at radius 1 is 1.07 bits per heavy atom. The van der Waals surface area contributed by atoms with Crippen LogP contribution in [0, 0.1) is 12.8 Å². The summed E-state index contributed by atoms with van der Waals surface area (Å²) in [5.41, 5.74) is 8.77. The Morgan fingerprint density at radius 2 is 1.71 bits per heavy atom. The standard InChI is InChI=1S/C22H27N3O2.ClH/c1-15-8-9-19(22(27)25-12-10-17(11-13-25)16(2)23)14-20(15)24-21(26)18-6-4-3-5-7-18;/h3-9,14,16-17H,10-13,23H2,1-2H3,(H,24,26);1H. The summed E-state index contributed by atoms with van der Waals surface area (Å²) in [6, 6.07) is 14.7. The molecule has 0 radical (unpaired) electrons. The van der Waals surface area contributed by atoms with Gasteiger partial charge in [-0.05, 0) is 62.4 Å². The van der Waals surface area contributed by atoms with Crippen LogP contribution in [0.1, 0.15) is 46.0 Å². The number of rotatable bonds is 4. The van der Waals surface area contributed by atoms with E-state index in [1.165, 1.54) is 0 Å². The molecule has 150 valence electrons. The zero-order valence-electron chi connectivity index (χ0n) is 16.4. The normalized spacial score (nSPS) is 15.5. The molecule has 1 heterocycles. The SMILES string of the molecule is Cc1ccc(C(=O)N2CCC(C(C)N)CC2)cc1NC(=O)c1ccccc1.Cl. The van der Waals surface area contributed by atoms with Gasteiger partial charge in [0.2, 0.25) is 0 Å². The number of nitrogens with two attached hydrogens (primary N) is 1. The zero-order valence-corrected chi connectivity index (χ0v) is 17.2. The number of hydrogen-bond donors (Lipinski definition) is 2. The Balaban J connectivity index is 0.00000280. The molecule has 1 fully saturated rings. The number of amides is 2. The van der Waals surface area contributed by atoms with Gasteiger partial charge in [-0.3, -0.25) is 9.59 Å². The number of benzene rings is 2. The summed E-state index contributed by atoms with van der Waals surface area (Å²) in [7, 11) is 0. The predicted octanol–water partition coefficient (Wildman–Crippen LogP) is 3.87. The van der Waals surface area contributed by atoms with Crippen LogP contribution in [0.15, 0.2) is 48.5 Å². The lowest BCUT2D eigenvalue weighted by atomic mass is 9.90. The summed E-state index contributed by atoms with van der Waals surface area (Å²) in [6.07, 6.45) is 1.87. The van der Waals surface area contributed by atoms with Crippen LogP contribution in [0.25, 0.3) is 0 Å². The molecule has 1 aliphatic rings. The molecule has 1 unspecified atom stereocenters. The maximum atomic E-state index is 12.9. The summed E-state index contributed by atoms with van der Waals surface area (Å²) in [6.45, 7) is 5.40. The first kappa shape index (κ1) is 21.9. The highest BCUT2D eigenvalue weighted by molar-refractivity contribution is 6.05. The van der Waals surface area contributed by atoms with E-state index in [9.17, 15) is 9.59 Å². The fraction of sp³-hybridized carbons (Fsp3) is 0.364. The number of halogens is 1. The van der Waals surface area contributed by atoms with Crippen LogP contribution >= 0.6 is 12.4 Å². The highest BCUT2D eigenvalue weighted by Gasteiger charge is 2.25.